The van der Waals surface area contributed by atoms with Crippen LogP contribution in [0.4, 0.5) is 9.59 Å². The Morgan fingerprint density at radius 2 is 0.900 bits per heavy atom. The van der Waals surface area contributed by atoms with Crippen LogP contribution in [-0.4, -0.2) is 103 Å². The van der Waals surface area contributed by atoms with E-state index in [1.807, 2.05) is 36.4 Å². The maximum Gasteiger partial charge on any atom is 0.412 e. The summed E-state index contributed by atoms with van der Waals surface area (Å²) in [5.41, 5.74) is 0.648. The molecule has 14 nitrogen and oxygen atoms in total. The van der Waals surface area contributed by atoms with Gasteiger partial charge in [-0.1, -0.05) is 37.4 Å². The quantitative estimate of drug-likeness (QED) is 0.0656. The van der Waals surface area contributed by atoms with Crippen LogP contribution >= 0.6 is 0 Å². The van der Waals surface area contributed by atoms with Crippen molar-refractivity contribution in [2.45, 2.75) is 13.8 Å². The molecule has 50 heavy (non-hydrogen) atoms. The number of carbonyl (C=O) groups excluding carboxylic acids is 4. The van der Waals surface area contributed by atoms with Gasteiger partial charge in [0.15, 0.2) is 0 Å². The third-order valence-corrected chi connectivity index (χ3v) is 6.60. The molecule has 0 heterocycles. The van der Waals surface area contributed by atoms with Crippen molar-refractivity contribution < 1.29 is 57.1 Å². The highest BCUT2D eigenvalue weighted by Gasteiger charge is 2.15. The number of nitrogens with one attached hydrogen (secondary N) is 2. The Hall–Kier alpha value is -5.02. The fraction of sp³-hybridized carbons (Fsp3) is 0.389. The molecule has 270 valence electrons. The molecular weight excluding hydrogens is 652 g/mol. The molecule has 0 aliphatic heterocycles. The molecule has 2 N–H and O–H groups in total. The second-order valence-corrected chi connectivity index (χ2v) is 10.7. The van der Waals surface area contributed by atoms with Crippen molar-refractivity contribution >= 4 is 45.7 Å². The third kappa shape index (κ3) is 14.2. The lowest BCUT2D eigenvalue weighted by Crippen LogP contribution is -2.31. The average Bonchev–Trinajstić information content (AvgIpc) is 3.09. The number of ether oxygens (including phenoxy) is 8. The summed E-state index contributed by atoms with van der Waals surface area (Å²) in [4.78, 5) is 47.8. The van der Waals surface area contributed by atoms with E-state index in [0.29, 0.717) is 35.1 Å². The molecule has 0 spiro atoms. The first-order chi connectivity index (χ1) is 24.2. The van der Waals surface area contributed by atoms with Crippen LogP contribution in [0.5, 0.6) is 11.5 Å². The van der Waals surface area contributed by atoms with Gasteiger partial charge in [-0.15, -0.1) is 0 Å². The predicted octanol–water partition coefficient (Wildman–Crippen LogP) is 4.47. The van der Waals surface area contributed by atoms with E-state index in [2.05, 4.69) is 23.8 Å². The number of hydrogen-bond acceptors (Lipinski definition) is 12. The smallest absolute Gasteiger partial charge is 0.412 e. The van der Waals surface area contributed by atoms with Crippen molar-refractivity contribution in [3.8, 4) is 11.5 Å². The highest BCUT2D eigenvalue weighted by Crippen LogP contribution is 2.36. The Balaban J connectivity index is 1.41. The molecule has 0 atom stereocenters. The highest BCUT2D eigenvalue weighted by atomic mass is 16.6. The lowest BCUT2D eigenvalue weighted by molar-refractivity contribution is -0.141. The fourth-order valence-electron chi connectivity index (χ4n) is 4.16. The zero-order chi connectivity index (χ0) is 36.1. The maximum atomic E-state index is 12.6. The number of amides is 2. The van der Waals surface area contributed by atoms with E-state index >= 15 is 0 Å². The molecule has 0 aliphatic rings. The van der Waals surface area contributed by atoms with Crippen molar-refractivity contribution in [2.24, 2.45) is 0 Å². The van der Waals surface area contributed by atoms with Gasteiger partial charge in [-0.05, 0) is 48.9 Å². The molecule has 0 aliphatic carbocycles. The van der Waals surface area contributed by atoms with Gasteiger partial charge in [-0.3, -0.25) is 0 Å². The zero-order valence-corrected chi connectivity index (χ0v) is 28.4. The predicted molar refractivity (Wildman–Crippen MR) is 184 cm³/mol. The van der Waals surface area contributed by atoms with Gasteiger partial charge in [0.2, 0.25) is 0 Å². The normalized spacial score (nSPS) is 10.8. The summed E-state index contributed by atoms with van der Waals surface area (Å²) in [7, 11) is 0. The van der Waals surface area contributed by atoms with Gasteiger partial charge in [0.1, 0.15) is 24.7 Å². The summed E-state index contributed by atoms with van der Waals surface area (Å²) in [6.45, 7) is 12.9. The van der Waals surface area contributed by atoms with E-state index in [0.717, 1.165) is 10.8 Å². The van der Waals surface area contributed by atoms with Gasteiger partial charge in [0.05, 0.1) is 52.9 Å². The van der Waals surface area contributed by atoms with Crippen LogP contribution in [0.1, 0.15) is 13.8 Å². The molecule has 0 aromatic heterocycles. The Morgan fingerprint density at radius 1 is 0.540 bits per heavy atom. The van der Waals surface area contributed by atoms with Crippen LogP contribution in [-0.2, 0) is 38.0 Å². The molecule has 0 bridgehead atoms. The molecule has 0 radical (unpaired) electrons. The number of rotatable bonds is 22. The summed E-state index contributed by atoms with van der Waals surface area (Å²) in [6, 6.07) is 14.5. The number of esters is 2. The van der Waals surface area contributed by atoms with Crippen LogP contribution in [0.3, 0.4) is 0 Å². The molecule has 0 unspecified atom stereocenters. The zero-order valence-electron chi connectivity index (χ0n) is 28.4. The Bertz CT molecular complexity index is 1510. The van der Waals surface area contributed by atoms with Crippen LogP contribution in [0.2, 0.25) is 0 Å². The molecular formula is C36H44N2O12. The summed E-state index contributed by atoms with van der Waals surface area (Å²) in [5, 5.41) is 8.25. The summed E-state index contributed by atoms with van der Waals surface area (Å²) >= 11 is 0. The highest BCUT2D eigenvalue weighted by molar-refractivity contribution is 6.04. The van der Waals surface area contributed by atoms with Crippen LogP contribution < -0.4 is 20.1 Å². The third-order valence-electron chi connectivity index (χ3n) is 6.60. The first-order valence-electron chi connectivity index (χ1n) is 16.0. The average molecular weight is 697 g/mol. The molecule has 0 saturated carbocycles. The minimum atomic E-state index is -0.679. The second-order valence-electron chi connectivity index (χ2n) is 10.7. The minimum Gasteiger partial charge on any atom is -0.460 e. The lowest BCUT2D eigenvalue weighted by Gasteiger charge is -2.14. The molecule has 3 rings (SSSR count). The van der Waals surface area contributed by atoms with Crippen molar-refractivity contribution in [1.82, 2.24) is 10.6 Å². The number of fused-ring (bicyclic) bond motifs is 2. The molecule has 0 saturated heterocycles. The monoisotopic (exact) mass is 696 g/mol. The Labute approximate surface area is 290 Å². The van der Waals surface area contributed by atoms with E-state index in [-0.39, 0.29) is 77.4 Å². The van der Waals surface area contributed by atoms with Crippen molar-refractivity contribution in [1.29, 1.82) is 0 Å². The standard InChI is InChI=1S/C36H44N2O12/c1-25(2)33(39)47-21-19-45-17-15-43-13-11-37-35(41)49-31-9-10-32(30-24-28-8-6-5-7-27(28)23-29(30)31)50-36(42)38-12-14-44-16-18-46-20-22-48-34(40)26(3)4/h5-10,23-24H,1,3,11-22H2,2,4H3,(H,37,41)(H,38,42). The van der Waals surface area contributed by atoms with Crippen LogP contribution in [0.25, 0.3) is 21.5 Å². The van der Waals surface area contributed by atoms with E-state index in [4.69, 9.17) is 37.9 Å². The second kappa shape index (κ2) is 21.8. The van der Waals surface area contributed by atoms with Gasteiger partial charge >= 0.3 is 24.1 Å². The molecule has 14 heteroatoms. The van der Waals surface area contributed by atoms with Gasteiger partial charge in [-0.25, -0.2) is 19.2 Å². The van der Waals surface area contributed by atoms with Crippen LogP contribution in [0.15, 0.2) is 72.8 Å². The van der Waals surface area contributed by atoms with Crippen molar-refractivity contribution in [3.05, 3.63) is 72.8 Å². The topological polar surface area (TPSA) is 166 Å². The minimum absolute atomic E-state index is 0.123. The van der Waals surface area contributed by atoms with Crippen molar-refractivity contribution in [2.75, 3.05) is 79.2 Å². The lowest BCUT2D eigenvalue weighted by atomic mass is 10.0. The van der Waals surface area contributed by atoms with E-state index in [9.17, 15) is 19.2 Å². The Morgan fingerprint density at radius 3 is 1.28 bits per heavy atom. The first-order valence-corrected chi connectivity index (χ1v) is 16.0. The van der Waals surface area contributed by atoms with E-state index in [1.165, 1.54) is 0 Å². The summed E-state index contributed by atoms with van der Waals surface area (Å²) in [5.74, 6) is -0.369. The maximum absolute atomic E-state index is 12.6. The summed E-state index contributed by atoms with van der Waals surface area (Å²) < 4.78 is 42.6. The fourth-order valence-corrected chi connectivity index (χ4v) is 4.16. The van der Waals surface area contributed by atoms with Crippen LogP contribution in [0, 0.1) is 0 Å². The molecule has 0 fully saturated rings. The van der Waals surface area contributed by atoms with Gasteiger partial charge < -0.3 is 48.5 Å². The van der Waals surface area contributed by atoms with Crippen molar-refractivity contribution in [3.63, 3.8) is 0 Å². The summed E-state index contributed by atoms with van der Waals surface area (Å²) in [6.07, 6.45) is -1.36. The molecule has 2 amide bonds. The molecule has 3 aromatic rings. The van der Waals surface area contributed by atoms with E-state index in [1.54, 1.807) is 26.0 Å². The van der Waals surface area contributed by atoms with Gasteiger partial charge in [0, 0.05) is 35.0 Å². The van der Waals surface area contributed by atoms with Gasteiger partial charge in [0.25, 0.3) is 0 Å². The largest absolute Gasteiger partial charge is 0.460 e. The SMILES string of the molecule is C=C(C)C(=O)OCCOCCOCCNC(=O)Oc1ccc(OC(=O)NCCOCCOCCOC(=O)C(=C)C)c2cc3ccccc3cc12. The van der Waals surface area contributed by atoms with Gasteiger partial charge in [-0.2, -0.15) is 0 Å². The first kappa shape index (κ1) is 39.4. The Kier molecular flexibility index (Phi) is 17.2. The number of carbonyl (C=O) groups is 4. The molecule has 3 aromatic carbocycles. The number of hydrogen-bond donors (Lipinski definition) is 2. The number of benzene rings is 3. The van der Waals surface area contributed by atoms with E-state index < -0.39 is 24.1 Å².